The zero-order valence-electron chi connectivity index (χ0n) is 12.3. The van der Waals surface area contributed by atoms with Crippen LogP contribution < -0.4 is 10.1 Å². The summed E-state index contributed by atoms with van der Waals surface area (Å²) in [7, 11) is 0. The second-order valence-electron chi connectivity index (χ2n) is 5.22. The molecule has 3 nitrogen and oxygen atoms in total. The first-order valence-electron chi connectivity index (χ1n) is 7.40. The Hall–Kier alpha value is -2.52. The van der Waals surface area contributed by atoms with E-state index in [0.29, 0.717) is 6.54 Å². The maximum atomic E-state index is 10.00. The third-order valence-electron chi connectivity index (χ3n) is 3.48. The van der Waals surface area contributed by atoms with Crippen molar-refractivity contribution in [3.63, 3.8) is 0 Å². The van der Waals surface area contributed by atoms with Crippen molar-refractivity contribution in [1.82, 2.24) is 0 Å². The standard InChI is InChI=1S/C19H19NO2/c21-18(13-20-17-8-2-1-3-9-17)14-22-19-11-10-15-6-4-5-7-16(15)12-19/h1-12,18,20-21H,13-14H2. The number of hydrogen-bond donors (Lipinski definition) is 2. The maximum absolute atomic E-state index is 10.00. The van der Waals surface area contributed by atoms with Crippen molar-refractivity contribution < 1.29 is 9.84 Å². The summed E-state index contributed by atoms with van der Waals surface area (Å²) < 4.78 is 5.67. The molecule has 3 aromatic carbocycles. The molecule has 112 valence electrons. The third-order valence-corrected chi connectivity index (χ3v) is 3.48. The van der Waals surface area contributed by atoms with Crippen molar-refractivity contribution in [2.75, 3.05) is 18.5 Å². The van der Waals surface area contributed by atoms with E-state index in [9.17, 15) is 5.11 Å². The van der Waals surface area contributed by atoms with Gasteiger partial charge in [-0.3, -0.25) is 0 Å². The normalized spacial score (nSPS) is 12.0. The third kappa shape index (κ3) is 3.77. The topological polar surface area (TPSA) is 41.5 Å². The van der Waals surface area contributed by atoms with Gasteiger partial charge in [-0.05, 0) is 35.0 Å². The first-order chi connectivity index (χ1) is 10.8. The molecule has 3 heteroatoms. The Morgan fingerprint density at radius 2 is 1.59 bits per heavy atom. The van der Waals surface area contributed by atoms with Crippen LogP contribution in [0.3, 0.4) is 0 Å². The molecule has 0 aliphatic carbocycles. The van der Waals surface area contributed by atoms with E-state index in [0.717, 1.165) is 16.8 Å². The van der Waals surface area contributed by atoms with Crippen LogP contribution in [0.15, 0.2) is 72.8 Å². The Balaban J connectivity index is 1.52. The van der Waals surface area contributed by atoms with Gasteiger partial charge < -0.3 is 15.2 Å². The van der Waals surface area contributed by atoms with Crippen LogP contribution in [0.1, 0.15) is 0 Å². The van der Waals surface area contributed by atoms with Crippen LogP contribution in [0, 0.1) is 0 Å². The van der Waals surface area contributed by atoms with Crippen molar-refractivity contribution >= 4 is 16.5 Å². The Labute approximate surface area is 130 Å². The van der Waals surface area contributed by atoms with E-state index in [1.165, 1.54) is 5.39 Å². The number of rotatable bonds is 6. The smallest absolute Gasteiger partial charge is 0.120 e. The van der Waals surface area contributed by atoms with Gasteiger partial charge in [-0.2, -0.15) is 0 Å². The highest BCUT2D eigenvalue weighted by Crippen LogP contribution is 2.20. The lowest BCUT2D eigenvalue weighted by Gasteiger charge is -2.14. The molecular weight excluding hydrogens is 274 g/mol. The molecule has 0 saturated carbocycles. The summed E-state index contributed by atoms with van der Waals surface area (Å²) in [5, 5.41) is 15.5. The minimum absolute atomic E-state index is 0.262. The molecule has 0 amide bonds. The second-order valence-corrected chi connectivity index (χ2v) is 5.22. The van der Waals surface area contributed by atoms with Crippen LogP contribution in [0.2, 0.25) is 0 Å². The average Bonchev–Trinajstić information content (AvgIpc) is 2.59. The van der Waals surface area contributed by atoms with Gasteiger partial charge in [0.2, 0.25) is 0 Å². The van der Waals surface area contributed by atoms with Crippen LogP contribution in [0.25, 0.3) is 10.8 Å². The van der Waals surface area contributed by atoms with E-state index in [4.69, 9.17) is 4.74 Å². The summed E-state index contributed by atoms with van der Waals surface area (Å²) in [5.41, 5.74) is 0.993. The van der Waals surface area contributed by atoms with Crippen LogP contribution in [-0.4, -0.2) is 24.4 Å². The Kier molecular flexibility index (Phi) is 4.56. The first kappa shape index (κ1) is 14.4. The van der Waals surface area contributed by atoms with Crippen molar-refractivity contribution in [3.05, 3.63) is 72.8 Å². The SMILES string of the molecule is OC(CNc1ccccc1)COc1ccc2ccccc2c1. The highest BCUT2D eigenvalue weighted by Gasteiger charge is 2.05. The molecule has 0 heterocycles. The summed E-state index contributed by atoms with van der Waals surface area (Å²) >= 11 is 0. The number of ether oxygens (including phenoxy) is 1. The van der Waals surface area contributed by atoms with Crippen molar-refractivity contribution in [2.45, 2.75) is 6.10 Å². The number of para-hydroxylation sites is 1. The Morgan fingerprint density at radius 3 is 2.41 bits per heavy atom. The minimum atomic E-state index is -0.563. The van der Waals surface area contributed by atoms with Gasteiger partial charge in [-0.15, -0.1) is 0 Å². The largest absolute Gasteiger partial charge is 0.491 e. The van der Waals surface area contributed by atoms with Gasteiger partial charge in [0.1, 0.15) is 18.5 Å². The fraction of sp³-hybridized carbons (Fsp3) is 0.158. The summed E-state index contributed by atoms with van der Waals surface area (Å²) in [6.45, 7) is 0.718. The molecule has 22 heavy (non-hydrogen) atoms. The van der Waals surface area contributed by atoms with Gasteiger partial charge in [0.25, 0.3) is 0 Å². The van der Waals surface area contributed by atoms with Crippen LogP contribution in [-0.2, 0) is 0 Å². The molecule has 0 aliphatic heterocycles. The fourth-order valence-electron chi connectivity index (χ4n) is 2.30. The van der Waals surface area contributed by atoms with E-state index in [1.54, 1.807) is 0 Å². The van der Waals surface area contributed by atoms with Crippen molar-refractivity contribution in [3.8, 4) is 5.75 Å². The molecule has 0 fully saturated rings. The number of benzene rings is 3. The zero-order chi connectivity index (χ0) is 15.2. The Bertz CT molecular complexity index is 728. The number of fused-ring (bicyclic) bond motifs is 1. The van der Waals surface area contributed by atoms with Crippen LogP contribution in [0.4, 0.5) is 5.69 Å². The van der Waals surface area contributed by atoms with Gasteiger partial charge in [0.05, 0.1) is 0 Å². The molecule has 2 N–H and O–H groups in total. The predicted octanol–water partition coefficient (Wildman–Crippen LogP) is 3.69. The number of aliphatic hydroxyl groups is 1. The molecule has 0 radical (unpaired) electrons. The lowest BCUT2D eigenvalue weighted by Crippen LogP contribution is -2.26. The fourth-order valence-corrected chi connectivity index (χ4v) is 2.30. The van der Waals surface area contributed by atoms with Gasteiger partial charge in [0.15, 0.2) is 0 Å². The first-order valence-corrected chi connectivity index (χ1v) is 7.40. The molecule has 0 aromatic heterocycles. The molecule has 3 aromatic rings. The maximum Gasteiger partial charge on any atom is 0.120 e. The molecule has 1 unspecified atom stereocenters. The molecule has 1 atom stereocenters. The van der Waals surface area contributed by atoms with Gasteiger partial charge in [-0.1, -0.05) is 48.5 Å². The molecule has 0 saturated heterocycles. The van der Waals surface area contributed by atoms with Crippen LogP contribution in [0.5, 0.6) is 5.75 Å². The second kappa shape index (κ2) is 6.96. The average molecular weight is 293 g/mol. The number of anilines is 1. The van der Waals surface area contributed by atoms with Crippen molar-refractivity contribution in [2.24, 2.45) is 0 Å². The van der Waals surface area contributed by atoms with E-state index < -0.39 is 6.10 Å². The van der Waals surface area contributed by atoms with E-state index in [1.807, 2.05) is 60.7 Å². The molecule has 3 rings (SSSR count). The Morgan fingerprint density at radius 1 is 0.864 bits per heavy atom. The predicted molar refractivity (Wildman–Crippen MR) is 90.4 cm³/mol. The highest BCUT2D eigenvalue weighted by atomic mass is 16.5. The lowest BCUT2D eigenvalue weighted by atomic mass is 10.1. The number of hydrogen-bond acceptors (Lipinski definition) is 3. The summed E-state index contributed by atoms with van der Waals surface area (Å²) in [6, 6.07) is 23.9. The van der Waals surface area contributed by atoms with E-state index in [-0.39, 0.29) is 6.61 Å². The van der Waals surface area contributed by atoms with Crippen molar-refractivity contribution in [1.29, 1.82) is 0 Å². The monoisotopic (exact) mass is 293 g/mol. The quantitative estimate of drug-likeness (QED) is 0.728. The van der Waals surface area contributed by atoms with E-state index >= 15 is 0 Å². The molecule has 0 aliphatic rings. The summed E-state index contributed by atoms with van der Waals surface area (Å²) in [4.78, 5) is 0. The summed E-state index contributed by atoms with van der Waals surface area (Å²) in [5.74, 6) is 0.775. The molecular formula is C19H19NO2. The van der Waals surface area contributed by atoms with Gasteiger partial charge in [0, 0.05) is 12.2 Å². The lowest BCUT2D eigenvalue weighted by molar-refractivity contribution is 0.117. The summed E-state index contributed by atoms with van der Waals surface area (Å²) in [6.07, 6.45) is -0.563. The van der Waals surface area contributed by atoms with Gasteiger partial charge in [-0.25, -0.2) is 0 Å². The van der Waals surface area contributed by atoms with Crippen LogP contribution >= 0.6 is 0 Å². The molecule has 0 spiro atoms. The number of aliphatic hydroxyl groups excluding tert-OH is 1. The van der Waals surface area contributed by atoms with E-state index in [2.05, 4.69) is 17.4 Å². The molecule has 0 bridgehead atoms. The highest BCUT2D eigenvalue weighted by molar-refractivity contribution is 5.83. The zero-order valence-corrected chi connectivity index (χ0v) is 12.3. The minimum Gasteiger partial charge on any atom is -0.491 e. The van der Waals surface area contributed by atoms with Gasteiger partial charge >= 0.3 is 0 Å². The number of nitrogens with one attached hydrogen (secondary N) is 1.